The zero-order chi connectivity index (χ0) is 30.0. The molecular weight excluding hydrogens is 612 g/mol. The summed E-state index contributed by atoms with van der Waals surface area (Å²) in [6.07, 6.45) is 14.8. The SMILES string of the molecule is Brc1cnc2[nH]ccc2c1.O=Cc1c[nH]c2ncc(CO)cc12.OCc1cnc2[nH]ccc2c1.c1cnc2[nH]ccc2c1. The molecule has 11 nitrogen and oxygen atoms in total. The van der Waals surface area contributed by atoms with Gasteiger partial charge in [0, 0.05) is 81.2 Å². The summed E-state index contributed by atoms with van der Waals surface area (Å²) < 4.78 is 1.01. The van der Waals surface area contributed by atoms with E-state index >= 15 is 0 Å². The highest BCUT2D eigenvalue weighted by Crippen LogP contribution is 2.16. The van der Waals surface area contributed by atoms with Crippen LogP contribution >= 0.6 is 15.9 Å². The number of H-pyrrole nitrogens is 4. The van der Waals surface area contributed by atoms with Gasteiger partial charge < -0.3 is 30.1 Å². The van der Waals surface area contributed by atoms with Crippen molar-refractivity contribution in [3.8, 4) is 0 Å². The van der Waals surface area contributed by atoms with Crippen molar-refractivity contribution in [3.05, 3.63) is 119 Å². The molecule has 0 fully saturated rings. The Morgan fingerprint density at radius 2 is 1.26 bits per heavy atom. The normalized spacial score (nSPS) is 10.5. The number of nitrogens with zero attached hydrogens (tertiary/aromatic N) is 4. The lowest BCUT2D eigenvalue weighted by atomic mass is 10.2. The fourth-order valence-corrected chi connectivity index (χ4v) is 4.47. The number of nitrogens with one attached hydrogen (secondary N) is 4. The molecule has 0 bridgehead atoms. The maximum atomic E-state index is 10.6. The van der Waals surface area contributed by atoms with Crippen LogP contribution in [0.25, 0.3) is 44.1 Å². The van der Waals surface area contributed by atoms with E-state index in [0.29, 0.717) is 16.8 Å². The third-order valence-electron chi connectivity index (χ3n) is 6.26. The van der Waals surface area contributed by atoms with Gasteiger partial charge in [-0.05, 0) is 75.6 Å². The summed E-state index contributed by atoms with van der Waals surface area (Å²) in [6.45, 7) is -0.0134. The third kappa shape index (κ3) is 7.38. The van der Waals surface area contributed by atoms with Crippen LogP contribution in [0.3, 0.4) is 0 Å². The maximum Gasteiger partial charge on any atom is 0.152 e. The van der Waals surface area contributed by atoms with Crippen LogP contribution in [-0.4, -0.2) is 56.4 Å². The van der Waals surface area contributed by atoms with Gasteiger partial charge in [-0.15, -0.1) is 0 Å². The fourth-order valence-electron chi connectivity index (χ4n) is 4.12. The lowest BCUT2D eigenvalue weighted by Gasteiger charge is -1.94. The first kappa shape index (κ1) is 29.3. The molecule has 0 aliphatic rings. The second-order valence-electron chi connectivity index (χ2n) is 9.16. The van der Waals surface area contributed by atoms with Gasteiger partial charge in [0.25, 0.3) is 0 Å². The van der Waals surface area contributed by atoms with Gasteiger partial charge in [-0.25, -0.2) is 19.9 Å². The van der Waals surface area contributed by atoms with E-state index in [1.807, 2.05) is 61.1 Å². The van der Waals surface area contributed by atoms with E-state index in [4.69, 9.17) is 10.2 Å². The highest BCUT2D eigenvalue weighted by molar-refractivity contribution is 9.10. The Bertz CT molecular complexity index is 2050. The van der Waals surface area contributed by atoms with E-state index in [0.717, 1.165) is 54.8 Å². The Morgan fingerprint density at radius 3 is 1.91 bits per heavy atom. The number of aromatic nitrogens is 8. The van der Waals surface area contributed by atoms with Gasteiger partial charge in [-0.3, -0.25) is 4.79 Å². The number of hydrogen-bond donors (Lipinski definition) is 6. The van der Waals surface area contributed by atoms with E-state index in [1.54, 1.807) is 37.1 Å². The Morgan fingerprint density at radius 1 is 0.674 bits per heavy atom. The topological polar surface area (TPSA) is 172 Å². The van der Waals surface area contributed by atoms with E-state index < -0.39 is 0 Å². The molecule has 216 valence electrons. The summed E-state index contributed by atoms with van der Waals surface area (Å²) >= 11 is 3.34. The minimum atomic E-state index is -0.0631. The van der Waals surface area contributed by atoms with E-state index in [-0.39, 0.29) is 13.2 Å². The van der Waals surface area contributed by atoms with Crippen LogP contribution in [0.5, 0.6) is 0 Å². The highest BCUT2D eigenvalue weighted by Gasteiger charge is 2.04. The number of aliphatic hydroxyl groups is 2. The summed E-state index contributed by atoms with van der Waals surface area (Å²) in [5, 5.41) is 21.7. The number of carbonyl (C=O) groups is 1. The zero-order valence-electron chi connectivity index (χ0n) is 22.7. The second-order valence-corrected chi connectivity index (χ2v) is 10.1. The molecule has 0 unspecified atom stereocenters. The quantitative estimate of drug-likeness (QED) is 0.132. The fraction of sp³-hybridized carbons (Fsp3) is 0.0645. The first-order valence-corrected chi connectivity index (χ1v) is 13.9. The lowest BCUT2D eigenvalue weighted by molar-refractivity contribution is 0.112. The summed E-state index contributed by atoms with van der Waals surface area (Å²) in [5.41, 5.74) is 5.53. The molecule has 8 aromatic rings. The van der Waals surface area contributed by atoms with Crippen LogP contribution in [0.2, 0.25) is 0 Å². The second kappa shape index (κ2) is 14.1. The van der Waals surface area contributed by atoms with Gasteiger partial charge in [0.1, 0.15) is 22.6 Å². The first-order valence-electron chi connectivity index (χ1n) is 13.1. The van der Waals surface area contributed by atoms with Gasteiger partial charge in [0.2, 0.25) is 0 Å². The summed E-state index contributed by atoms with van der Waals surface area (Å²) in [6, 6.07) is 15.6. The molecule has 6 N–H and O–H groups in total. The van der Waals surface area contributed by atoms with Crippen molar-refractivity contribution in [2.24, 2.45) is 0 Å². The number of halogens is 1. The Labute approximate surface area is 253 Å². The standard InChI is InChI=1S/C9H8N2O2.C8H8N2O.C7H5BrN2.C7H6N2/c12-4-6-1-8-7(5-13)3-11-9(8)10-2-6;11-5-6-3-7-1-2-9-8(7)10-4-6;8-6-3-5-1-2-9-7(5)10-4-6;1-2-6-3-5-9-7(6)8-4-1/h1-3,5,12H,4H2,(H,10,11);1-4,11H,5H2,(H,9,10);1-4H,(H,9,10);1-5H,(H,8,9). The summed E-state index contributed by atoms with van der Waals surface area (Å²) in [4.78, 5) is 38.8. The van der Waals surface area contributed by atoms with Crippen LogP contribution in [0.15, 0.2) is 103 Å². The van der Waals surface area contributed by atoms with Crippen LogP contribution in [0.4, 0.5) is 0 Å². The molecule has 8 rings (SSSR count). The third-order valence-corrected chi connectivity index (χ3v) is 6.69. The summed E-state index contributed by atoms with van der Waals surface area (Å²) in [7, 11) is 0. The molecule has 8 aromatic heterocycles. The molecule has 0 amide bonds. The van der Waals surface area contributed by atoms with Crippen molar-refractivity contribution in [2.75, 3.05) is 0 Å². The van der Waals surface area contributed by atoms with Gasteiger partial charge >= 0.3 is 0 Å². The first-order chi connectivity index (χ1) is 21.1. The number of aromatic amines is 4. The lowest BCUT2D eigenvalue weighted by Crippen LogP contribution is -1.86. The van der Waals surface area contributed by atoms with E-state index in [9.17, 15) is 4.79 Å². The van der Waals surface area contributed by atoms with Crippen molar-refractivity contribution in [3.63, 3.8) is 0 Å². The Hall–Kier alpha value is -5.17. The number of aliphatic hydroxyl groups excluding tert-OH is 2. The largest absolute Gasteiger partial charge is 0.392 e. The number of pyridine rings is 4. The molecule has 0 saturated carbocycles. The molecule has 0 atom stereocenters. The van der Waals surface area contributed by atoms with E-state index in [1.165, 1.54) is 0 Å². The van der Waals surface area contributed by atoms with Gasteiger partial charge in [0.05, 0.1) is 13.2 Å². The van der Waals surface area contributed by atoms with Crippen molar-refractivity contribution < 1.29 is 15.0 Å². The summed E-state index contributed by atoms with van der Waals surface area (Å²) in [5.74, 6) is 0. The molecule has 0 radical (unpaired) electrons. The Kier molecular flexibility index (Phi) is 9.64. The molecule has 0 spiro atoms. The van der Waals surface area contributed by atoms with Crippen molar-refractivity contribution in [2.45, 2.75) is 13.2 Å². The molecule has 0 aliphatic heterocycles. The Balaban J connectivity index is 0.000000115. The molecule has 8 heterocycles. The van der Waals surface area contributed by atoms with Crippen LogP contribution in [0.1, 0.15) is 21.5 Å². The number of aldehydes is 1. The molecule has 12 heteroatoms. The van der Waals surface area contributed by atoms with Crippen molar-refractivity contribution in [1.82, 2.24) is 39.9 Å². The zero-order valence-corrected chi connectivity index (χ0v) is 24.3. The molecule has 0 saturated heterocycles. The van der Waals surface area contributed by atoms with Gasteiger partial charge in [-0.2, -0.15) is 0 Å². The molecule has 0 aromatic carbocycles. The number of carbonyl (C=O) groups excluding carboxylic acids is 1. The van der Waals surface area contributed by atoms with Gasteiger partial charge in [-0.1, -0.05) is 0 Å². The minimum absolute atomic E-state index is 0.0497. The molecule has 43 heavy (non-hydrogen) atoms. The predicted octanol–water partition coefficient (Wildman–Crippen LogP) is 5.81. The van der Waals surface area contributed by atoms with Crippen LogP contribution in [-0.2, 0) is 13.2 Å². The highest BCUT2D eigenvalue weighted by atomic mass is 79.9. The maximum absolute atomic E-state index is 10.6. The smallest absolute Gasteiger partial charge is 0.152 e. The van der Waals surface area contributed by atoms with Crippen LogP contribution in [0, 0.1) is 0 Å². The minimum Gasteiger partial charge on any atom is -0.392 e. The van der Waals surface area contributed by atoms with Gasteiger partial charge in [0.15, 0.2) is 6.29 Å². The molecular formula is C31H27BrN8O3. The average Bonchev–Trinajstić information content (AvgIpc) is 3.87. The molecule has 0 aliphatic carbocycles. The number of fused-ring (bicyclic) bond motifs is 4. The van der Waals surface area contributed by atoms with Crippen molar-refractivity contribution in [1.29, 1.82) is 0 Å². The number of hydrogen-bond acceptors (Lipinski definition) is 7. The monoisotopic (exact) mass is 638 g/mol. The van der Waals surface area contributed by atoms with E-state index in [2.05, 4.69) is 55.8 Å². The van der Waals surface area contributed by atoms with Crippen molar-refractivity contribution >= 4 is 66.3 Å². The number of rotatable bonds is 3. The predicted molar refractivity (Wildman–Crippen MR) is 169 cm³/mol. The average molecular weight is 640 g/mol. The van der Waals surface area contributed by atoms with Crippen LogP contribution < -0.4 is 0 Å².